The second kappa shape index (κ2) is 8.49. The van der Waals surface area contributed by atoms with Gasteiger partial charge in [0.05, 0.1) is 13.2 Å². The summed E-state index contributed by atoms with van der Waals surface area (Å²) in [4.78, 5) is 14.9. The lowest BCUT2D eigenvalue weighted by Crippen LogP contribution is -2.38. The number of nitrogens with one attached hydrogen (secondary N) is 1. The van der Waals surface area contributed by atoms with E-state index in [0.29, 0.717) is 11.0 Å². The molecule has 3 rings (SSSR count). The van der Waals surface area contributed by atoms with Crippen molar-refractivity contribution in [2.75, 3.05) is 19.0 Å². The summed E-state index contributed by atoms with van der Waals surface area (Å²) in [5, 5.41) is 12.7. The largest absolute Gasteiger partial charge is 0.497 e. The summed E-state index contributed by atoms with van der Waals surface area (Å²) in [6.07, 6.45) is 4.25. The molecule has 1 saturated heterocycles. The van der Waals surface area contributed by atoms with Crippen LogP contribution in [0.1, 0.15) is 62.1 Å². The Balaban J connectivity index is 1.77. The van der Waals surface area contributed by atoms with Crippen molar-refractivity contribution in [3.8, 4) is 5.75 Å². The Bertz CT molecular complexity index is 729. The monoisotopic (exact) mass is 374 g/mol. The molecule has 1 aromatic heterocycles. The Morgan fingerprint density at radius 1 is 1.23 bits per heavy atom. The summed E-state index contributed by atoms with van der Waals surface area (Å²) in [7, 11) is 1.66. The number of carbonyl (C=O) groups excluding carboxylic acids is 1. The van der Waals surface area contributed by atoms with Gasteiger partial charge in [-0.15, -0.1) is 10.2 Å². The van der Waals surface area contributed by atoms with Crippen molar-refractivity contribution in [2.45, 2.75) is 51.5 Å². The van der Waals surface area contributed by atoms with Crippen LogP contribution in [-0.2, 0) is 0 Å². The molecule has 2 amide bonds. The van der Waals surface area contributed by atoms with Crippen LogP contribution in [0.25, 0.3) is 0 Å². The first kappa shape index (κ1) is 18.6. The number of hydrogen-bond acceptors (Lipinski definition) is 5. The Labute approximate surface area is 158 Å². The van der Waals surface area contributed by atoms with E-state index in [1.807, 2.05) is 17.0 Å². The van der Waals surface area contributed by atoms with E-state index < -0.39 is 0 Å². The number of aromatic nitrogens is 2. The van der Waals surface area contributed by atoms with Crippen LogP contribution in [0.2, 0.25) is 0 Å². The number of hydrogen-bond donors (Lipinski definition) is 1. The van der Waals surface area contributed by atoms with Gasteiger partial charge in [0, 0.05) is 12.5 Å². The van der Waals surface area contributed by atoms with Crippen LogP contribution >= 0.6 is 11.3 Å². The number of rotatable bonds is 4. The van der Waals surface area contributed by atoms with E-state index in [1.165, 1.54) is 11.3 Å². The van der Waals surface area contributed by atoms with Crippen LogP contribution in [-0.4, -0.2) is 34.8 Å². The SMILES string of the molecule is COc1ccc(C2CCCCCN2C(=O)Nc2nnc(C(C)C)s2)cc1. The predicted molar refractivity (Wildman–Crippen MR) is 104 cm³/mol. The molecular weight excluding hydrogens is 348 g/mol. The zero-order valence-corrected chi connectivity index (χ0v) is 16.4. The molecule has 1 unspecified atom stereocenters. The molecule has 1 atom stereocenters. The number of ether oxygens (including phenoxy) is 1. The highest BCUT2D eigenvalue weighted by Crippen LogP contribution is 2.32. The van der Waals surface area contributed by atoms with Crippen LogP contribution in [0.4, 0.5) is 9.93 Å². The van der Waals surface area contributed by atoms with E-state index >= 15 is 0 Å². The summed E-state index contributed by atoms with van der Waals surface area (Å²) < 4.78 is 5.25. The molecule has 1 N–H and O–H groups in total. The normalized spacial score (nSPS) is 17.8. The summed E-state index contributed by atoms with van der Waals surface area (Å²) in [6.45, 7) is 4.89. The number of benzene rings is 1. The van der Waals surface area contributed by atoms with Gasteiger partial charge in [0.2, 0.25) is 5.13 Å². The predicted octanol–water partition coefficient (Wildman–Crippen LogP) is 4.82. The third-order valence-electron chi connectivity index (χ3n) is 4.66. The van der Waals surface area contributed by atoms with Gasteiger partial charge in [-0.1, -0.05) is 50.2 Å². The minimum atomic E-state index is -0.0980. The van der Waals surface area contributed by atoms with Gasteiger partial charge in [0.25, 0.3) is 0 Å². The molecule has 1 aliphatic heterocycles. The van der Waals surface area contributed by atoms with Gasteiger partial charge in [0.15, 0.2) is 0 Å². The van der Waals surface area contributed by atoms with E-state index in [0.717, 1.165) is 48.5 Å². The molecule has 0 spiro atoms. The molecule has 1 aromatic carbocycles. The van der Waals surface area contributed by atoms with Gasteiger partial charge in [-0.05, 0) is 30.5 Å². The number of likely N-dealkylation sites (tertiary alicyclic amines) is 1. The number of nitrogens with zero attached hydrogens (tertiary/aromatic N) is 3. The Morgan fingerprint density at radius 2 is 2.00 bits per heavy atom. The summed E-state index contributed by atoms with van der Waals surface area (Å²) >= 11 is 1.44. The standard InChI is InChI=1S/C19H26N4O2S/c1-13(2)17-21-22-18(26-17)20-19(24)23-12-6-4-5-7-16(23)14-8-10-15(25-3)11-9-14/h8-11,13,16H,4-7,12H2,1-3H3,(H,20,22,24). The number of carbonyl (C=O) groups is 1. The zero-order chi connectivity index (χ0) is 18.5. The Kier molecular flexibility index (Phi) is 6.08. The average molecular weight is 375 g/mol. The van der Waals surface area contributed by atoms with Crippen molar-refractivity contribution < 1.29 is 9.53 Å². The highest BCUT2D eigenvalue weighted by Gasteiger charge is 2.27. The van der Waals surface area contributed by atoms with E-state index in [1.54, 1.807) is 7.11 Å². The molecule has 7 heteroatoms. The Hall–Kier alpha value is -2.15. The van der Waals surface area contributed by atoms with Gasteiger partial charge in [0.1, 0.15) is 10.8 Å². The molecule has 1 aliphatic rings. The first-order chi connectivity index (χ1) is 12.6. The molecule has 0 saturated carbocycles. The minimum Gasteiger partial charge on any atom is -0.497 e. The highest BCUT2D eigenvalue weighted by atomic mass is 32.1. The van der Waals surface area contributed by atoms with Crippen molar-refractivity contribution in [2.24, 2.45) is 0 Å². The maximum Gasteiger partial charge on any atom is 0.324 e. The van der Waals surface area contributed by atoms with Crippen molar-refractivity contribution in [3.63, 3.8) is 0 Å². The number of methoxy groups -OCH3 is 1. The maximum absolute atomic E-state index is 12.9. The lowest BCUT2D eigenvalue weighted by Gasteiger charge is -2.30. The first-order valence-electron chi connectivity index (χ1n) is 9.13. The van der Waals surface area contributed by atoms with Crippen LogP contribution in [0.5, 0.6) is 5.75 Å². The van der Waals surface area contributed by atoms with Gasteiger partial charge in [-0.2, -0.15) is 0 Å². The molecule has 1 fully saturated rings. The molecule has 0 radical (unpaired) electrons. The van der Waals surface area contributed by atoms with E-state index in [9.17, 15) is 4.79 Å². The maximum atomic E-state index is 12.9. The molecule has 2 aromatic rings. The van der Waals surface area contributed by atoms with Crippen LogP contribution in [0.3, 0.4) is 0 Å². The second-order valence-electron chi connectivity index (χ2n) is 6.86. The van der Waals surface area contributed by atoms with Gasteiger partial charge in [-0.25, -0.2) is 4.79 Å². The lowest BCUT2D eigenvalue weighted by molar-refractivity contribution is 0.189. The third kappa shape index (κ3) is 4.33. The van der Waals surface area contributed by atoms with Crippen molar-refractivity contribution >= 4 is 22.5 Å². The minimum absolute atomic E-state index is 0.0703. The van der Waals surface area contributed by atoms with Crippen molar-refractivity contribution in [1.29, 1.82) is 0 Å². The molecular formula is C19H26N4O2S. The fraction of sp³-hybridized carbons (Fsp3) is 0.526. The smallest absolute Gasteiger partial charge is 0.324 e. The molecule has 140 valence electrons. The zero-order valence-electron chi connectivity index (χ0n) is 15.6. The van der Waals surface area contributed by atoms with E-state index in [4.69, 9.17) is 4.74 Å². The highest BCUT2D eigenvalue weighted by molar-refractivity contribution is 7.15. The fourth-order valence-corrected chi connectivity index (χ4v) is 3.94. The first-order valence-corrected chi connectivity index (χ1v) is 9.95. The Morgan fingerprint density at radius 3 is 2.65 bits per heavy atom. The lowest BCUT2D eigenvalue weighted by atomic mass is 10.0. The summed E-state index contributed by atoms with van der Waals surface area (Å²) in [5.41, 5.74) is 1.14. The quantitative estimate of drug-likeness (QED) is 0.833. The molecule has 6 nitrogen and oxygen atoms in total. The molecule has 2 heterocycles. The van der Waals surface area contributed by atoms with Gasteiger partial charge in [-0.3, -0.25) is 5.32 Å². The van der Waals surface area contributed by atoms with E-state index in [2.05, 4.69) is 41.5 Å². The fourth-order valence-electron chi connectivity index (χ4n) is 3.21. The second-order valence-corrected chi connectivity index (χ2v) is 7.87. The van der Waals surface area contributed by atoms with Crippen LogP contribution in [0, 0.1) is 0 Å². The number of amides is 2. The van der Waals surface area contributed by atoms with Crippen LogP contribution in [0.15, 0.2) is 24.3 Å². The average Bonchev–Trinajstić information content (AvgIpc) is 2.97. The molecule has 0 aliphatic carbocycles. The molecule has 26 heavy (non-hydrogen) atoms. The summed E-state index contributed by atoms with van der Waals surface area (Å²) in [6, 6.07) is 7.99. The third-order valence-corrected chi connectivity index (χ3v) is 5.80. The molecule has 0 bridgehead atoms. The van der Waals surface area contributed by atoms with Crippen molar-refractivity contribution in [3.05, 3.63) is 34.8 Å². The van der Waals surface area contributed by atoms with Gasteiger partial charge >= 0.3 is 6.03 Å². The summed E-state index contributed by atoms with van der Waals surface area (Å²) in [5.74, 6) is 1.14. The number of anilines is 1. The van der Waals surface area contributed by atoms with E-state index in [-0.39, 0.29) is 12.1 Å². The topological polar surface area (TPSA) is 67.3 Å². The number of urea groups is 1. The van der Waals surface area contributed by atoms with Crippen LogP contribution < -0.4 is 10.1 Å². The van der Waals surface area contributed by atoms with Gasteiger partial charge < -0.3 is 9.64 Å². The van der Waals surface area contributed by atoms with Crippen molar-refractivity contribution in [1.82, 2.24) is 15.1 Å².